The highest BCUT2D eigenvalue weighted by Gasteiger charge is 2.16. The average molecular weight is 308 g/mol. The highest BCUT2D eigenvalue weighted by molar-refractivity contribution is 7.21. The summed E-state index contributed by atoms with van der Waals surface area (Å²) in [6.07, 6.45) is 6.62. The van der Waals surface area contributed by atoms with Gasteiger partial charge in [-0.1, -0.05) is 23.3 Å². The Bertz CT molecular complexity index is 1070. The molecule has 22 heavy (non-hydrogen) atoms. The first-order valence-corrected chi connectivity index (χ1v) is 7.20. The summed E-state index contributed by atoms with van der Waals surface area (Å²) >= 11 is 1.49. The molecule has 0 aliphatic rings. The van der Waals surface area contributed by atoms with E-state index < -0.39 is 0 Å². The summed E-state index contributed by atoms with van der Waals surface area (Å²) in [7, 11) is 0. The lowest BCUT2D eigenvalue weighted by molar-refractivity contribution is 0.577. The van der Waals surface area contributed by atoms with Crippen molar-refractivity contribution in [3.05, 3.63) is 41.1 Å². The summed E-state index contributed by atoms with van der Waals surface area (Å²) in [5.74, 6) is 2.36. The Hall–Kier alpha value is -3.05. The lowest BCUT2D eigenvalue weighted by Crippen LogP contribution is -2.29. The molecule has 106 valence electrons. The van der Waals surface area contributed by atoms with Gasteiger partial charge in [0.1, 0.15) is 23.6 Å². The van der Waals surface area contributed by atoms with Crippen molar-refractivity contribution < 1.29 is 0 Å². The number of imidazole rings is 1. The molecule has 0 aliphatic carbocycles. The fraction of sp³-hybridized carbons (Fsp3) is 0.0714. The molecule has 0 saturated carbocycles. The van der Waals surface area contributed by atoms with Gasteiger partial charge in [0, 0.05) is 0 Å². The highest BCUT2D eigenvalue weighted by atomic mass is 32.1. The first-order chi connectivity index (χ1) is 10.8. The zero-order valence-electron chi connectivity index (χ0n) is 11.2. The van der Waals surface area contributed by atoms with Crippen LogP contribution in [0.3, 0.4) is 0 Å². The topological polar surface area (TPSA) is 78.0 Å². The van der Waals surface area contributed by atoms with Gasteiger partial charge in [-0.05, 0) is 12.1 Å². The number of nitrogens with zero attached hydrogens (tertiary/aromatic N) is 6. The third kappa shape index (κ3) is 1.80. The predicted octanol–water partition coefficient (Wildman–Crippen LogP) is 1.20. The van der Waals surface area contributed by atoms with Gasteiger partial charge in [-0.2, -0.15) is 4.68 Å². The van der Waals surface area contributed by atoms with Gasteiger partial charge in [-0.15, -0.1) is 22.9 Å². The van der Waals surface area contributed by atoms with Crippen LogP contribution in [0.15, 0.2) is 35.4 Å². The van der Waals surface area contributed by atoms with E-state index in [9.17, 15) is 4.79 Å². The number of thiazole rings is 1. The van der Waals surface area contributed by atoms with Crippen molar-refractivity contribution in [1.82, 2.24) is 29.4 Å². The second kappa shape index (κ2) is 4.75. The number of hydrogen-bond acceptors (Lipinski definition) is 6. The molecule has 4 rings (SSSR count). The molecular formula is C14H8N6OS. The number of rotatable bonds is 2. The van der Waals surface area contributed by atoms with Gasteiger partial charge in [0.25, 0.3) is 0 Å². The number of fused-ring (bicyclic) bond motifs is 2. The van der Waals surface area contributed by atoms with Gasteiger partial charge in [-0.3, -0.25) is 0 Å². The minimum Gasteiger partial charge on any atom is -0.245 e. The average Bonchev–Trinajstić information content (AvgIpc) is 3.13. The molecule has 0 N–H and O–H groups in total. The highest BCUT2D eigenvalue weighted by Crippen LogP contribution is 2.30. The SMILES string of the molecule is C#CCn1nnc2c(-c3nc4ccccc4s3)ncn2c1=O. The van der Waals surface area contributed by atoms with Crippen LogP contribution in [0.25, 0.3) is 26.6 Å². The van der Waals surface area contributed by atoms with Crippen LogP contribution in [0.5, 0.6) is 0 Å². The second-order valence-corrected chi connectivity index (χ2v) is 5.54. The molecule has 0 amide bonds. The van der Waals surface area contributed by atoms with E-state index in [0.717, 1.165) is 14.9 Å². The molecule has 0 spiro atoms. The minimum absolute atomic E-state index is 0.0659. The molecule has 0 bridgehead atoms. The Morgan fingerprint density at radius 1 is 1.32 bits per heavy atom. The summed E-state index contributed by atoms with van der Waals surface area (Å²) < 4.78 is 3.48. The molecule has 0 saturated heterocycles. The molecule has 0 atom stereocenters. The molecule has 0 radical (unpaired) electrons. The van der Waals surface area contributed by atoms with Gasteiger partial charge in [-0.25, -0.2) is 19.2 Å². The van der Waals surface area contributed by atoms with Crippen LogP contribution >= 0.6 is 11.3 Å². The van der Waals surface area contributed by atoms with Crippen molar-refractivity contribution >= 4 is 27.2 Å². The van der Waals surface area contributed by atoms with Crippen LogP contribution in [0.4, 0.5) is 0 Å². The monoisotopic (exact) mass is 308 g/mol. The van der Waals surface area contributed by atoms with Gasteiger partial charge in [0.05, 0.1) is 10.2 Å². The normalized spacial score (nSPS) is 11.0. The summed E-state index contributed by atoms with van der Waals surface area (Å²) in [6.45, 7) is 0.0659. The number of terminal acetylenes is 1. The fourth-order valence-electron chi connectivity index (χ4n) is 2.15. The van der Waals surface area contributed by atoms with Crippen molar-refractivity contribution in [2.24, 2.45) is 0 Å². The number of para-hydroxylation sites is 1. The Balaban J connectivity index is 1.94. The maximum Gasteiger partial charge on any atom is 0.353 e. The minimum atomic E-state index is -0.372. The molecule has 4 aromatic rings. The van der Waals surface area contributed by atoms with Crippen LogP contribution in [-0.4, -0.2) is 29.4 Å². The van der Waals surface area contributed by atoms with Gasteiger partial charge in [0.2, 0.25) is 0 Å². The molecule has 0 fully saturated rings. The Kier molecular flexibility index (Phi) is 2.74. The lowest BCUT2D eigenvalue weighted by Gasteiger charge is -1.98. The van der Waals surface area contributed by atoms with Crippen molar-refractivity contribution in [2.45, 2.75) is 6.54 Å². The molecular weight excluding hydrogens is 300 g/mol. The third-order valence-corrected chi connectivity index (χ3v) is 4.20. The lowest BCUT2D eigenvalue weighted by atomic mass is 10.3. The van der Waals surface area contributed by atoms with Crippen molar-refractivity contribution in [2.75, 3.05) is 0 Å². The third-order valence-electron chi connectivity index (χ3n) is 3.15. The number of hydrogen-bond donors (Lipinski definition) is 0. The van der Waals surface area contributed by atoms with E-state index in [2.05, 4.69) is 26.2 Å². The van der Waals surface area contributed by atoms with Crippen LogP contribution in [0.2, 0.25) is 0 Å². The van der Waals surface area contributed by atoms with Crippen LogP contribution < -0.4 is 5.69 Å². The standard InChI is InChI=1S/C14H8N6OS/c1-2-7-20-14(21)19-8-15-11(12(19)17-18-20)13-16-9-5-3-4-6-10(9)22-13/h1,3-6,8H,7H2. The summed E-state index contributed by atoms with van der Waals surface area (Å²) in [5, 5.41) is 8.59. The van der Waals surface area contributed by atoms with E-state index in [1.165, 1.54) is 22.1 Å². The number of aromatic nitrogens is 6. The van der Waals surface area contributed by atoms with E-state index in [4.69, 9.17) is 6.42 Å². The van der Waals surface area contributed by atoms with E-state index in [1.807, 2.05) is 24.3 Å². The molecule has 0 aliphatic heterocycles. The van der Waals surface area contributed by atoms with Crippen LogP contribution in [-0.2, 0) is 6.54 Å². The van der Waals surface area contributed by atoms with Crippen LogP contribution in [0.1, 0.15) is 0 Å². The zero-order chi connectivity index (χ0) is 15.1. The van der Waals surface area contributed by atoms with Gasteiger partial charge >= 0.3 is 5.69 Å². The maximum atomic E-state index is 12.2. The first-order valence-electron chi connectivity index (χ1n) is 6.38. The molecule has 7 nitrogen and oxygen atoms in total. The fourth-order valence-corrected chi connectivity index (χ4v) is 3.10. The molecule has 8 heteroatoms. The molecule has 1 aromatic carbocycles. The van der Waals surface area contributed by atoms with E-state index >= 15 is 0 Å². The van der Waals surface area contributed by atoms with Crippen molar-refractivity contribution in [3.8, 4) is 23.0 Å². The zero-order valence-corrected chi connectivity index (χ0v) is 12.0. The Morgan fingerprint density at radius 3 is 3.00 bits per heavy atom. The van der Waals surface area contributed by atoms with E-state index in [1.54, 1.807) is 0 Å². The molecule has 3 aromatic heterocycles. The maximum absolute atomic E-state index is 12.2. The van der Waals surface area contributed by atoms with Crippen molar-refractivity contribution in [1.29, 1.82) is 0 Å². The van der Waals surface area contributed by atoms with Crippen LogP contribution in [0, 0.1) is 12.3 Å². The van der Waals surface area contributed by atoms with Gasteiger partial charge in [0.15, 0.2) is 5.65 Å². The second-order valence-electron chi connectivity index (χ2n) is 4.51. The summed E-state index contributed by atoms with van der Waals surface area (Å²) in [5.41, 5.74) is 1.43. The number of benzene rings is 1. The largest absolute Gasteiger partial charge is 0.353 e. The Morgan fingerprint density at radius 2 is 2.18 bits per heavy atom. The first kappa shape index (κ1) is 12.7. The molecule has 3 heterocycles. The smallest absolute Gasteiger partial charge is 0.245 e. The van der Waals surface area contributed by atoms with E-state index in [-0.39, 0.29) is 12.2 Å². The quantitative estimate of drug-likeness (QED) is 0.520. The predicted molar refractivity (Wildman–Crippen MR) is 82.5 cm³/mol. The summed E-state index contributed by atoms with van der Waals surface area (Å²) in [6, 6.07) is 7.79. The molecule has 0 unspecified atom stereocenters. The van der Waals surface area contributed by atoms with E-state index in [0.29, 0.717) is 16.3 Å². The van der Waals surface area contributed by atoms with Gasteiger partial charge < -0.3 is 0 Å². The Labute approximate surface area is 127 Å². The van der Waals surface area contributed by atoms with Crippen molar-refractivity contribution in [3.63, 3.8) is 0 Å². The summed E-state index contributed by atoms with van der Waals surface area (Å²) in [4.78, 5) is 21.0.